The van der Waals surface area contributed by atoms with Crippen molar-refractivity contribution in [1.82, 2.24) is 4.90 Å². The van der Waals surface area contributed by atoms with Crippen molar-refractivity contribution < 1.29 is 14.7 Å². The lowest BCUT2D eigenvalue weighted by Gasteiger charge is -2.27. The number of rotatable bonds is 7. The molecule has 1 saturated heterocycles. The molecule has 2 rings (SSSR count). The zero-order valence-corrected chi connectivity index (χ0v) is 15.5. The fourth-order valence-corrected chi connectivity index (χ4v) is 3.92. The summed E-state index contributed by atoms with van der Waals surface area (Å²) in [5, 5.41) is 11.4. The first-order chi connectivity index (χ1) is 11.5. The third kappa shape index (κ3) is 4.72. The van der Waals surface area contributed by atoms with E-state index in [1.807, 2.05) is 42.7 Å². The third-order valence-corrected chi connectivity index (χ3v) is 5.33. The van der Waals surface area contributed by atoms with Crippen LogP contribution in [0.2, 0.25) is 0 Å². The average Bonchev–Trinajstić information content (AvgIpc) is 2.84. The molecule has 0 aromatic heterocycles. The lowest BCUT2D eigenvalue weighted by atomic mass is 10.2. The molecule has 1 heterocycles. The smallest absolute Gasteiger partial charge is 0.266 e. The van der Waals surface area contributed by atoms with Gasteiger partial charge < -0.3 is 9.90 Å². The predicted octanol–water partition coefficient (Wildman–Crippen LogP) is 2.32. The number of amides is 1. The molecule has 1 aromatic rings. The molecule has 1 aliphatic rings. The van der Waals surface area contributed by atoms with Crippen LogP contribution in [-0.2, 0) is 9.59 Å². The van der Waals surface area contributed by atoms with Gasteiger partial charge in [0.15, 0.2) is 0 Å². The maximum absolute atomic E-state index is 12.5. The molecule has 0 bridgehead atoms. The van der Waals surface area contributed by atoms with Crippen LogP contribution in [0.3, 0.4) is 0 Å². The SMILES string of the molecule is CSCC[C@@H](C(=O)[O-])N1C(=O)/C(=C\C=C\c2ccccc2)SC1=S. The molecule has 0 radical (unpaired) electrons. The quantitative estimate of drug-likeness (QED) is 0.536. The normalized spacial score (nSPS) is 17.9. The highest BCUT2D eigenvalue weighted by atomic mass is 32.2. The first kappa shape index (κ1) is 18.8. The average molecular weight is 379 g/mol. The number of thioether (sulfide) groups is 2. The van der Waals surface area contributed by atoms with Crippen molar-refractivity contribution in [2.24, 2.45) is 0 Å². The second-order valence-corrected chi connectivity index (χ2v) is 7.62. The number of thiocarbonyl (C=S) groups is 1. The Morgan fingerprint density at radius 3 is 2.75 bits per heavy atom. The van der Waals surface area contributed by atoms with E-state index in [4.69, 9.17) is 12.2 Å². The molecule has 0 aliphatic carbocycles. The van der Waals surface area contributed by atoms with Gasteiger partial charge in [0.1, 0.15) is 4.32 Å². The van der Waals surface area contributed by atoms with Crippen molar-refractivity contribution in [3.8, 4) is 0 Å². The second-order valence-electron chi connectivity index (χ2n) is 4.96. The van der Waals surface area contributed by atoms with Gasteiger partial charge in [-0.2, -0.15) is 11.8 Å². The van der Waals surface area contributed by atoms with Crippen molar-refractivity contribution in [1.29, 1.82) is 0 Å². The molecule has 0 spiro atoms. The third-order valence-electron chi connectivity index (χ3n) is 3.34. The Balaban J connectivity index is 2.13. The molecule has 0 N–H and O–H groups in total. The van der Waals surface area contributed by atoms with Gasteiger partial charge in [0.2, 0.25) is 0 Å². The largest absolute Gasteiger partial charge is 0.548 e. The van der Waals surface area contributed by atoms with E-state index >= 15 is 0 Å². The molecule has 1 atom stereocenters. The summed E-state index contributed by atoms with van der Waals surface area (Å²) >= 11 is 7.82. The number of carboxylic acids is 1. The van der Waals surface area contributed by atoms with Crippen LogP contribution in [0.1, 0.15) is 12.0 Å². The van der Waals surface area contributed by atoms with Gasteiger partial charge >= 0.3 is 0 Å². The highest BCUT2D eigenvalue weighted by Crippen LogP contribution is 2.33. The number of benzene rings is 1. The first-order valence-corrected chi connectivity index (χ1v) is 9.85. The zero-order valence-electron chi connectivity index (χ0n) is 13.0. The number of carbonyl (C=O) groups is 2. The van der Waals surface area contributed by atoms with Crippen molar-refractivity contribution in [3.63, 3.8) is 0 Å². The Bertz CT molecular complexity index is 686. The van der Waals surface area contributed by atoms with Crippen LogP contribution in [0.15, 0.2) is 47.4 Å². The summed E-state index contributed by atoms with van der Waals surface area (Å²) in [6.45, 7) is 0. The van der Waals surface area contributed by atoms with E-state index < -0.39 is 12.0 Å². The fourth-order valence-electron chi connectivity index (χ4n) is 2.16. The van der Waals surface area contributed by atoms with Crippen LogP contribution in [0.5, 0.6) is 0 Å². The van der Waals surface area contributed by atoms with Crippen LogP contribution >= 0.6 is 35.7 Å². The maximum atomic E-state index is 12.5. The number of hydrogen-bond acceptors (Lipinski definition) is 6. The molecule has 4 nitrogen and oxygen atoms in total. The van der Waals surface area contributed by atoms with Crippen LogP contribution in [0, 0.1) is 0 Å². The summed E-state index contributed by atoms with van der Waals surface area (Å²) in [7, 11) is 0. The van der Waals surface area contributed by atoms with Gasteiger partial charge in [0, 0.05) is 0 Å². The van der Waals surface area contributed by atoms with Gasteiger partial charge in [-0.05, 0) is 30.1 Å². The molecule has 126 valence electrons. The molecule has 0 unspecified atom stereocenters. The second kappa shape index (κ2) is 9.05. The van der Waals surface area contributed by atoms with Crippen LogP contribution in [0.4, 0.5) is 0 Å². The molecule has 24 heavy (non-hydrogen) atoms. The molecule has 1 fully saturated rings. The first-order valence-electron chi connectivity index (χ1n) is 7.23. The Labute approximate surface area is 155 Å². The van der Waals surface area contributed by atoms with Gasteiger partial charge in [-0.3, -0.25) is 9.69 Å². The van der Waals surface area contributed by atoms with E-state index in [0.717, 1.165) is 22.2 Å². The van der Waals surface area contributed by atoms with Gasteiger partial charge in [0.05, 0.1) is 16.9 Å². The minimum atomic E-state index is -1.28. The number of aliphatic carboxylic acids is 1. The van der Waals surface area contributed by atoms with E-state index in [0.29, 0.717) is 17.1 Å². The predicted molar refractivity (Wildman–Crippen MR) is 102 cm³/mol. The maximum Gasteiger partial charge on any atom is 0.266 e. The van der Waals surface area contributed by atoms with Gasteiger partial charge in [-0.15, -0.1) is 0 Å². The van der Waals surface area contributed by atoms with Crippen molar-refractivity contribution >= 4 is 58.0 Å². The molecular formula is C17H16NO3S3-. The Morgan fingerprint density at radius 1 is 1.42 bits per heavy atom. The lowest BCUT2D eigenvalue weighted by Crippen LogP contribution is -2.50. The van der Waals surface area contributed by atoms with Crippen LogP contribution in [-0.4, -0.2) is 39.1 Å². The Kier molecular flexibility index (Phi) is 7.08. The number of nitrogens with zero attached hydrogens (tertiary/aromatic N) is 1. The molecule has 1 amide bonds. The van der Waals surface area contributed by atoms with E-state index in [1.165, 1.54) is 11.8 Å². The molecule has 1 aliphatic heterocycles. The summed E-state index contributed by atoms with van der Waals surface area (Å²) in [5.74, 6) is -1.04. The fraction of sp³-hybridized carbons (Fsp3) is 0.235. The number of allylic oxidation sites excluding steroid dienone is 2. The monoisotopic (exact) mass is 378 g/mol. The van der Waals surface area contributed by atoms with Crippen LogP contribution in [0.25, 0.3) is 6.08 Å². The minimum Gasteiger partial charge on any atom is -0.548 e. The van der Waals surface area contributed by atoms with E-state index in [-0.39, 0.29) is 10.2 Å². The van der Waals surface area contributed by atoms with Gasteiger partial charge in [-0.25, -0.2) is 0 Å². The number of carbonyl (C=O) groups excluding carboxylic acids is 2. The van der Waals surface area contributed by atoms with Crippen LogP contribution < -0.4 is 5.11 Å². The number of hydrogen-bond donors (Lipinski definition) is 0. The number of carboxylic acid groups (broad SMARTS) is 1. The van der Waals surface area contributed by atoms with E-state index in [2.05, 4.69) is 0 Å². The summed E-state index contributed by atoms with van der Waals surface area (Å²) in [6.07, 6.45) is 7.48. The van der Waals surface area contributed by atoms with Gasteiger partial charge in [0.25, 0.3) is 5.91 Å². The van der Waals surface area contributed by atoms with Crippen molar-refractivity contribution in [3.05, 3.63) is 53.0 Å². The van der Waals surface area contributed by atoms with Crippen molar-refractivity contribution in [2.45, 2.75) is 12.5 Å². The molecular weight excluding hydrogens is 362 g/mol. The van der Waals surface area contributed by atoms with E-state index in [9.17, 15) is 14.7 Å². The van der Waals surface area contributed by atoms with Crippen molar-refractivity contribution in [2.75, 3.05) is 12.0 Å². The molecule has 7 heteroatoms. The summed E-state index contributed by atoms with van der Waals surface area (Å²) in [6, 6.07) is 8.66. The molecule has 1 aromatic carbocycles. The Morgan fingerprint density at radius 2 is 2.12 bits per heavy atom. The topological polar surface area (TPSA) is 60.4 Å². The summed E-state index contributed by atoms with van der Waals surface area (Å²) in [4.78, 5) is 25.4. The molecule has 0 saturated carbocycles. The lowest BCUT2D eigenvalue weighted by molar-refractivity contribution is -0.310. The highest BCUT2D eigenvalue weighted by molar-refractivity contribution is 8.26. The summed E-state index contributed by atoms with van der Waals surface area (Å²) < 4.78 is 0.259. The van der Waals surface area contributed by atoms with Gasteiger partial charge in [-0.1, -0.05) is 66.5 Å². The van der Waals surface area contributed by atoms with E-state index in [1.54, 1.807) is 12.2 Å². The zero-order chi connectivity index (χ0) is 17.5. The highest BCUT2D eigenvalue weighted by Gasteiger charge is 2.37. The standard InChI is InChI=1S/C17H17NO3S3/c1-23-11-10-13(16(20)21)18-15(19)14(24-17(18)22)9-5-8-12-6-3-2-4-7-12/h2-9,13H,10-11H2,1H3,(H,20,21)/p-1/b8-5+,14-9+/t13-/m0/s1. The summed E-state index contributed by atoms with van der Waals surface area (Å²) in [5.41, 5.74) is 1.01. The Hall–Kier alpha value is -1.57. The minimum absolute atomic E-state index is 0.259.